The predicted octanol–water partition coefficient (Wildman–Crippen LogP) is 3.08. The molecule has 0 spiro atoms. The van der Waals surface area contributed by atoms with Crippen molar-refractivity contribution in [3.8, 4) is 5.75 Å². The minimum atomic E-state index is -0.336. The number of hydrogen-bond acceptors (Lipinski definition) is 3. The van der Waals surface area contributed by atoms with Crippen LogP contribution in [0, 0.1) is 7.14 Å². The Hall–Kier alpha value is -0.0500. The number of halogens is 2. The molecule has 3 nitrogen and oxygen atoms in total. The van der Waals surface area contributed by atoms with E-state index in [0.717, 1.165) is 7.14 Å². The van der Waals surface area contributed by atoms with E-state index in [9.17, 15) is 4.79 Å². The highest BCUT2D eigenvalue weighted by atomic mass is 127. The van der Waals surface area contributed by atoms with Crippen molar-refractivity contribution in [3.63, 3.8) is 0 Å². The molecule has 1 aromatic carbocycles. The van der Waals surface area contributed by atoms with Gasteiger partial charge in [0, 0.05) is 7.14 Å². The second-order valence-corrected chi connectivity index (χ2v) is 4.90. The fraction of sp³-hybridized carbons (Fsp3) is 0.300. The molecule has 0 aliphatic carbocycles. The first-order chi connectivity index (χ1) is 7.11. The third-order valence-corrected chi connectivity index (χ3v) is 4.81. The summed E-state index contributed by atoms with van der Waals surface area (Å²) in [6.45, 7) is 2.15. The lowest BCUT2D eigenvalue weighted by atomic mass is 10.2. The van der Waals surface area contributed by atoms with E-state index in [0.29, 0.717) is 17.9 Å². The van der Waals surface area contributed by atoms with Gasteiger partial charge < -0.3 is 9.47 Å². The van der Waals surface area contributed by atoms with Crippen molar-refractivity contribution in [2.24, 2.45) is 0 Å². The van der Waals surface area contributed by atoms with Crippen LogP contribution in [0.15, 0.2) is 12.1 Å². The number of carbonyl (C=O) groups is 1. The number of esters is 1. The fourth-order valence-electron chi connectivity index (χ4n) is 1.10. The maximum Gasteiger partial charge on any atom is 0.343 e. The van der Waals surface area contributed by atoms with Gasteiger partial charge in [-0.05, 0) is 64.2 Å². The molecule has 1 rings (SSSR count). The van der Waals surface area contributed by atoms with E-state index in [1.165, 1.54) is 0 Å². The Balaban J connectivity index is 3.23. The minimum Gasteiger partial charge on any atom is -0.496 e. The normalized spacial score (nSPS) is 9.87. The number of hydrogen-bond donors (Lipinski definition) is 0. The quantitative estimate of drug-likeness (QED) is 0.545. The van der Waals surface area contributed by atoms with Gasteiger partial charge >= 0.3 is 5.97 Å². The van der Waals surface area contributed by atoms with Gasteiger partial charge in [-0.1, -0.05) is 0 Å². The standard InChI is InChI=1S/C10H10I2O3/c1-3-15-10(13)8-7(14-2)5-4-6(11)9(8)12/h4-5H,3H2,1-2H3. The van der Waals surface area contributed by atoms with Gasteiger partial charge in [-0.3, -0.25) is 0 Å². The zero-order chi connectivity index (χ0) is 11.4. The van der Waals surface area contributed by atoms with Crippen LogP contribution in [0.3, 0.4) is 0 Å². The molecule has 1 aromatic rings. The highest BCUT2D eigenvalue weighted by Crippen LogP contribution is 2.28. The molecule has 15 heavy (non-hydrogen) atoms. The summed E-state index contributed by atoms with van der Waals surface area (Å²) in [5.41, 5.74) is 0.506. The second-order valence-electron chi connectivity index (χ2n) is 2.66. The third-order valence-electron chi connectivity index (χ3n) is 1.76. The first-order valence-corrected chi connectivity index (χ1v) is 6.46. The maximum atomic E-state index is 11.7. The summed E-state index contributed by atoms with van der Waals surface area (Å²) in [6, 6.07) is 3.68. The van der Waals surface area contributed by atoms with Crippen LogP contribution in [-0.4, -0.2) is 19.7 Å². The molecule has 0 heterocycles. The Morgan fingerprint density at radius 2 is 2.07 bits per heavy atom. The highest BCUT2D eigenvalue weighted by Gasteiger charge is 2.19. The van der Waals surface area contributed by atoms with Crippen LogP contribution in [0.25, 0.3) is 0 Å². The molecule has 0 aliphatic rings. The maximum absolute atomic E-state index is 11.7. The van der Waals surface area contributed by atoms with Gasteiger partial charge in [-0.25, -0.2) is 4.79 Å². The third kappa shape index (κ3) is 2.96. The fourth-order valence-corrected chi connectivity index (χ4v) is 2.21. The van der Waals surface area contributed by atoms with Crippen LogP contribution >= 0.6 is 45.2 Å². The molecule has 0 saturated heterocycles. The van der Waals surface area contributed by atoms with Gasteiger partial charge in [0.2, 0.25) is 0 Å². The number of methoxy groups -OCH3 is 1. The smallest absolute Gasteiger partial charge is 0.343 e. The molecule has 0 unspecified atom stereocenters. The largest absolute Gasteiger partial charge is 0.496 e. The molecule has 82 valence electrons. The molecule has 0 bridgehead atoms. The summed E-state index contributed by atoms with van der Waals surface area (Å²) < 4.78 is 12.0. The van der Waals surface area contributed by atoms with Crippen molar-refractivity contribution in [2.75, 3.05) is 13.7 Å². The van der Waals surface area contributed by atoms with E-state index >= 15 is 0 Å². The summed E-state index contributed by atoms with van der Waals surface area (Å²) in [5, 5.41) is 0. The van der Waals surface area contributed by atoms with Crippen molar-refractivity contribution in [1.29, 1.82) is 0 Å². The Morgan fingerprint density at radius 3 is 2.60 bits per heavy atom. The van der Waals surface area contributed by atoms with Crippen LogP contribution in [-0.2, 0) is 4.74 Å². The van der Waals surface area contributed by atoms with Crippen molar-refractivity contribution < 1.29 is 14.3 Å². The summed E-state index contributed by atoms with van der Waals surface area (Å²) in [6.07, 6.45) is 0. The van der Waals surface area contributed by atoms with Gasteiger partial charge in [0.25, 0.3) is 0 Å². The lowest BCUT2D eigenvalue weighted by Crippen LogP contribution is -2.09. The van der Waals surface area contributed by atoms with Crippen LogP contribution in [0.5, 0.6) is 5.75 Å². The lowest BCUT2D eigenvalue weighted by Gasteiger charge is -2.10. The lowest BCUT2D eigenvalue weighted by molar-refractivity contribution is 0.0521. The zero-order valence-corrected chi connectivity index (χ0v) is 12.7. The van der Waals surface area contributed by atoms with Crippen LogP contribution in [0.2, 0.25) is 0 Å². The van der Waals surface area contributed by atoms with Crippen molar-refractivity contribution in [2.45, 2.75) is 6.92 Å². The van der Waals surface area contributed by atoms with Crippen LogP contribution in [0.1, 0.15) is 17.3 Å². The van der Waals surface area contributed by atoms with E-state index < -0.39 is 0 Å². The molecule has 0 saturated carbocycles. The second kappa shape index (κ2) is 5.88. The van der Waals surface area contributed by atoms with Gasteiger partial charge in [-0.15, -0.1) is 0 Å². The van der Waals surface area contributed by atoms with E-state index in [1.807, 2.05) is 6.07 Å². The molecule has 0 aliphatic heterocycles. The molecular weight excluding hydrogens is 422 g/mol. The number of ether oxygens (including phenoxy) is 2. The van der Waals surface area contributed by atoms with Crippen molar-refractivity contribution in [1.82, 2.24) is 0 Å². The number of rotatable bonds is 3. The molecule has 0 atom stereocenters. The molecular formula is C10H10I2O3. The topological polar surface area (TPSA) is 35.5 Å². The average molecular weight is 432 g/mol. The van der Waals surface area contributed by atoms with Gasteiger partial charge in [0.05, 0.1) is 13.7 Å². The molecule has 0 N–H and O–H groups in total. The molecule has 0 aromatic heterocycles. The van der Waals surface area contributed by atoms with E-state index in [2.05, 4.69) is 45.2 Å². The number of benzene rings is 1. The van der Waals surface area contributed by atoms with Gasteiger partial charge in [0.15, 0.2) is 0 Å². The Bertz CT molecular complexity index is 377. The molecule has 0 amide bonds. The Kier molecular flexibility index (Phi) is 5.10. The van der Waals surface area contributed by atoms with Gasteiger partial charge in [-0.2, -0.15) is 0 Å². The molecule has 5 heteroatoms. The zero-order valence-electron chi connectivity index (χ0n) is 8.34. The molecule has 0 fully saturated rings. The Morgan fingerprint density at radius 1 is 1.40 bits per heavy atom. The highest BCUT2D eigenvalue weighted by molar-refractivity contribution is 14.1. The van der Waals surface area contributed by atoms with E-state index in [-0.39, 0.29) is 5.97 Å². The molecule has 0 radical (unpaired) electrons. The SMILES string of the molecule is CCOC(=O)c1c(OC)ccc(I)c1I. The summed E-state index contributed by atoms with van der Waals surface area (Å²) in [7, 11) is 1.54. The van der Waals surface area contributed by atoms with Gasteiger partial charge in [0.1, 0.15) is 11.3 Å². The summed E-state index contributed by atoms with van der Waals surface area (Å²) in [5.74, 6) is 0.218. The minimum absolute atomic E-state index is 0.336. The van der Waals surface area contributed by atoms with Crippen molar-refractivity contribution >= 4 is 51.2 Å². The summed E-state index contributed by atoms with van der Waals surface area (Å²) >= 11 is 4.29. The van der Waals surface area contributed by atoms with E-state index in [4.69, 9.17) is 9.47 Å². The number of carbonyl (C=O) groups excluding carboxylic acids is 1. The average Bonchev–Trinajstić information content (AvgIpc) is 2.22. The monoisotopic (exact) mass is 432 g/mol. The van der Waals surface area contributed by atoms with Crippen molar-refractivity contribution in [3.05, 3.63) is 24.8 Å². The van der Waals surface area contributed by atoms with Crippen LogP contribution < -0.4 is 4.74 Å². The Labute approximate surface area is 116 Å². The first kappa shape index (κ1) is 13.0. The van der Waals surface area contributed by atoms with E-state index in [1.54, 1.807) is 20.1 Å². The predicted molar refractivity (Wildman–Crippen MR) is 74.4 cm³/mol. The summed E-state index contributed by atoms with van der Waals surface area (Å²) in [4.78, 5) is 11.7. The first-order valence-electron chi connectivity index (χ1n) is 4.31. The van der Waals surface area contributed by atoms with Crippen LogP contribution in [0.4, 0.5) is 0 Å².